The number of carbonyl (C=O) groups is 1. The SMILES string of the molecule is Cc1nc([C@@H]2CCCN(CCOc3ccc(F)cc3)C2)ncc1C(=O)N(C)C. The van der Waals surface area contributed by atoms with E-state index in [2.05, 4.69) is 14.9 Å². The predicted octanol–water partition coefficient (Wildman–Crippen LogP) is 2.88. The van der Waals surface area contributed by atoms with Gasteiger partial charge in [-0.25, -0.2) is 14.4 Å². The van der Waals surface area contributed by atoms with Crippen LogP contribution in [0.15, 0.2) is 30.5 Å². The molecule has 28 heavy (non-hydrogen) atoms. The molecule has 1 aliphatic rings. The molecule has 2 aromatic rings. The van der Waals surface area contributed by atoms with E-state index in [4.69, 9.17) is 4.74 Å². The number of hydrogen-bond acceptors (Lipinski definition) is 5. The van der Waals surface area contributed by atoms with Crippen LogP contribution in [0.4, 0.5) is 4.39 Å². The second-order valence-electron chi connectivity index (χ2n) is 7.37. The zero-order valence-corrected chi connectivity index (χ0v) is 16.7. The molecule has 1 amide bonds. The van der Waals surface area contributed by atoms with Crippen molar-refractivity contribution in [3.05, 3.63) is 53.4 Å². The number of halogens is 1. The molecule has 1 aromatic heterocycles. The van der Waals surface area contributed by atoms with Gasteiger partial charge in [-0.15, -0.1) is 0 Å². The average molecular weight is 386 g/mol. The number of benzene rings is 1. The number of likely N-dealkylation sites (tertiary alicyclic amines) is 1. The Labute approximate surface area is 165 Å². The van der Waals surface area contributed by atoms with Crippen LogP contribution in [0.3, 0.4) is 0 Å². The largest absolute Gasteiger partial charge is 0.492 e. The fourth-order valence-corrected chi connectivity index (χ4v) is 3.43. The van der Waals surface area contributed by atoms with E-state index in [9.17, 15) is 9.18 Å². The van der Waals surface area contributed by atoms with Gasteiger partial charge in [0.25, 0.3) is 5.91 Å². The van der Waals surface area contributed by atoms with Crippen LogP contribution >= 0.6 is 0 Å². The number of aromatic nitrogens is 2. The molecule has 0 aliphatic carbocycles. The summed E-state index contributed by atoms with van der Waals surface area (Å²) in [7, 11) is 3.45. The van der Waals surface area contributed by atoms with Gasteiger partial charge in [0.05, 0.1) is 11.3 Å². The van der Waals surface area contributed by atoms with E-state index >= 15 is 0 Å². The van der Waals surface area contributed by atoms with Gasteiger partial charge in [-0.05, 0) is 50.6 Å². The number of piperidine rings is 1. The Morgan fingerprint density at radius 2 is 2.07 bits per heavy atom. The fraction of sp³-hybridized carbons (Fsp3) is 0.476. The Kier molecular flexibility index (Phi) is 6.57. The molecule has 1 aliphatic heterocycles. The Balaban J connectivity index is 1.56. The van der Waals surface area contributed by atoms with Gasteiger partial charge in [0.1, 0.15) is 24.0 Å². The zero-order chi connectivity index (χ0) is 20.1. The standard InChI is InChI=1S/C21H27FN4O2/c1-15-19(21(27)25(2)3)13-23-20(24-15)16-5-4-10-26(14-16)11-12-28-18-8-6-17(22)7-9-18/h6-9,13,16H,4-5,10-12,14H2,1-3H3/t16-/m1/s1. The van der Waals surface area contributed by atoms with E-state index in [0.29, 0.717) is 17.9 Å². The summed E-state index contributed by atoms with van der Waals surface area (Å²) in [5, 5.41) is 0. The third-order valence-electron chi connectivity index (χ3n) is 5.00. The first kappa shape index (κ1) is 20.2. The van der Waals surface area contributed by atoms with Crippen LogP contribution in [-0.4, -0.2) is 66.0 Å². The van der Waals surface area contributed by atoms with Gasteiger partial charge < -0.3 is 9.64 Å². The lowest BCUT2D eigenvalue weighted by Gasteiger charge is -2.32. The van der Waals surface area contributed by atoms with E-state index in [1.54, 1.807) is 32.4 Å². The summed E-state index contributed by atoms with van der Waals surface area (Å²) in [6.45, 7) is 5.09. The van der Waals surface area contributed by atoms with Crippen LogP contribution in [0.1, 0.15) is 40.6 Å². The van der Waals surface area contributed by atoms with Gasteiger partial charge in [0.15, 0.2) is 0 Å². The van der Waals surface area contributed by atoms with Crippen LogP contribution in [0.25, 0.3) is 0 Å². The molecule has 150 valence electrons. The predicted molar refractivity (Wildman–Crippen MR) is 105 cm³/mol. The monoisotopic (exact) mass is 386 g/mol. The Hall–Kier alpha value is -2.54. The molecule has 0 N–H and O–H groups in total. The first-order chi connectivity index (χ1) is 13.4. The quantitative estimate of drug-likeness (QED) is 0.764. The van der Waals surface area contributed by atoms with Gasteiger partial charge in [-0.3, -0.25) is 9.69 Å². The number of rotatable bonds is 6. The average Bonchev–Trinajstić information content (AvgIpc) is 2.69. The molecule has 0 saturated carbocycles. The molecule has 1 aromatic carbocycles. The molecule has 3 rings (SSSR count). The number of amides is 1. The van der Waals surface area contributed by atoms with Crippen LogP contribution in [0, 0.1) is 12.7 Å². The molecular weight excluding hydrogens is 359 g/mol. The highest BCUT2D eigenvalue weighted by Crippen LogP contribution is 2.25. The second-order valence-corrected chi connectivity index (χ2v) is 7.37. The Bertz CT molecular complexity index is 811. The third kappa shape index (κ3) is 5.04. The van der Waals surface area contributed by atoms with Crippen molar-refractivity contribution in [2.24, 2.45) is 0 Å². The first-order valence-electron chi connectivity index (χ1n) is 9.60. The van der Waals surface area contributed by atoms with Gasteiger partial charge in [-0.2, -0.15) is 0 Å². The minimum Gasteiger partial charge on any atom is -0.492 e. The maximum atomic E-state index is 12.9. The van der Waals surface area contributed by atoms with Crippen LogP contribution < -0.4 is 4.74 Å². The Morgan fingerprint density at radius 3 is 2.75 bits per heavy atom. The normalized spacial score (nSPS) is 17.4. The highest BCUT2D eigenvalue weighted by Gasteiger charge is 2.24. The lowest BCUT2D eigenvalue weighted by atomic mass is 9.97. The molecule has 1 fully saturated rings. The highest BCUT2D eigenvalue weighted by atomic mass is 19.1. The lowest BCUT2D eigenvalue weighted by Crippen LogP contribution is -2.37. The van der Waals surface area contributed by atoms with Crippen LogP contribution in [-0.2, 0) is 0 Å². The Morgan fingerprint density at radius 1 is 1.32 bits per heavy atom. The number of aryl methyl sites for hydroxylation is 1. The lowest BCUT2D eigenvalue weighted by molar-refractivity contribution is 0.0825. The number of nitrogens with zero attached hydrogens (tertiary/aromatic N) is 4. The van der Waals surface area contributed by atoms with Crippen molar-refractivity contribution in [1.29, 1.82) is 0 Å². The number of hydrogen-bond donors (Lipinski definition) is 0. The molecule has 0 unspecified atom stereocenters. The summed E-state index contributed by atoms with van der Waals surface area (Å²) in [5.41, 5.74) is 1.27. The van der Waals surface area contributed by atoms with Crippen molar-refractivity contribution < 1.29 is 13.9 Å². The highest BCUT2D eigenvalue weighted by molar-refractivity contribution is 5.94. The summed E-state index contributed by atoms with van der Waals surface area (Å²) in [4.78, 5) is 25.1. The zero-order valence-electron chi connectivity index (χ0n) is 16.7. The molecule has 2 heterocycles. The van der Waals surface area contributed by atoms with Crippen LogP contribution in [0.2, 0.25) is 0 Å². The molecule has 0 bridgehead atoms. The van der Waals surface area contributed by atoms with Crippen LogP contribution in [0.5, 0.6) is 5.75 Å². The number of carbonyl (C=O) groups excluding carboxylic acids is 1. The minimum atomic E-state index is -0.264. The van der Waals surface area contributed by atoms with Crippen molar-refractivity contribution in [2.45, 2.75) is 25.7 Å². The summed E-state index contributed by atoms with van der Waals surface area (Å²) in [5.74, 6) is 1.39. The van der Waals surface area contributed by atoms with E-state index < -0.39 is 0 Å². The van der Waals surface area contributed by atoms with E-state index in [-0.39, 0.29) is 17.6 Å². The molecule has 7 heteroatoms. The van der Waals surface area contributed by atoms with Gasteiger partial charge in [0.2, 0.25) is 0 Å². The summed E-state index contributed by atoms with van der Waals surface area (Å²) >= 11 is 0. The van der Waals surface area contributed by atoms with Crippen molar-refractivity contribution in [3.8, 4) is 5.75 Å². The summed E-state index contributed by atoms with van der Waals surface area (Å²) < 4.78 is 18.7. The summed E-state index contributed by atoms with van der Waals surface area (Å²) in [6.07, 6.45) is 3.76. The van der Waals surface area contributed by atoms with E-state index in [0.717, 1.165) is 44.0 Å². The third-order valence-corrected chi connectivity index (χ3v) is 5.00. The van der Waals surface area contributed by atoms with Gasteiger partial charge in [0, 0.05) is 39.3 Å². The van der Waals surface area contributed by atoms with E-state index in [1.807, 2.05) is 6.92 Å². The molecule has 1 atom stereocenters. The van der Waals surface area contributed by atoms with E-state index in [1.165, 1.54) is 17.0 Å². The minimum absolute atomic E-state index is 0.0766. The number of ether oxygens (including phenoxy) is 1. The fourth-order valence-electron chi connectivity index (χ4n) is 3.43. The molecular formula is C21H27FN4O2. The van der Waals surface area contributed by atoms with Gasteiger partial charge >= 0.3 is 0 Å². The van der Waals surface area contributed by atoms with Crippen molar-refractivity contribution in [2.75, 3.05) is 40.3 Å². The maximum absolute atomic E-state index is 12.9. The topological polar surface area (TPSA) is 58.6 Å². The second kappa shape index (κ2) is 9.10. The molecule has 1 saturated heterocycles. The van der Waals surface area contributed by atoms with Gasteiger partial charge in [-0.1, -0.05) is 0 Å². The van der Waals surface area contributed by atoms with Crippen molar-refractivity contribution >= 4 is 5.91 Å². The maximum Gasteiger partial charge on any atom is 0.256 e. The molecule has 0 radical (unpaired) electrons. The molecule has 0 spiro atoms. The molecule has 6 nitrogen and oxygen atoms in total. The smallest absolute Gasteiger partial charge is 0.256 e. The summed E-state index contributed by atoms with van der Waals surface area (Å²) in [6, 6.07) is 6.08. The first-order valence-corrected chi connectivity index (χ1v) is 9.60. The van der Waals surface area contributed by atoms with Crippen molar-refractivity contribution in [1.82, 2.24) is 19.8 Å². The van der Waals surface area contributed by atoms with Crippen molar-refractivity contribution in [3.63, 3.8) is 0 Å².